The van der Waals surface area contributed by atoms with Gasteiger partial charge >= 0.3 is 21.1 Å². The van der Waals surface area contributed by atoms with Crippen LogP contribution in [0.1, 0.15) is 83.3 Å². The standard InChI is InChI=1S/C46H48N4O.Pt/c1-31-44(34-16-10-9-11-17-34)32(2)50(48-31)36-18-14-19-37(29-36)51-38-21-22-39-40-27-33(15-12-13-25-45(3,4)5)20-23-41(40)49(42(39)30-38)43-28-35(24-26-47-43)46(6,7)8;/h9-11,14,16-24,26-28H,12-13,15,25H2,1-8H3;/q-2;+2. The molecule has 0 N–H and O–H groups in total. The molecule has 52 heavy (non-hydrogen) atoms. The molecule has 3 aromatic heterocycles. The number of hydrogen-bond donors (Lipinski definition) is 0. The third-order valence-corrected chi connectivity index (χ3v) is 9.75. The van der Waals surface area contributed by atoms with Gasteiger partial charge in [0.05, 0.1) is 5.69 Å². The molecule has 7 aromatic rings. The minimum atomic E-state index is -0.0111. The molecule has 0 bridgehead atoms. The molecule has 0 radical (unpaired) electrons. The number of aryl methyl sites for hydroxylation is 2. The Morgan fingerprint density at radius 3 is 2.27 bits per heavy atom. The first kappa shape index (κ1) is 37.3. The third-order valence-electron chi connectivity index (χ3n) is 9.75. The molecule has 7 rings (SSSR count). The van der Waals surface area contributed by atoms with Crippen LogP contribution in [0.15, 0.2) is 97.2 Å². The smallest absolute Gasteiger partial charge is 0.509 e. The van der Waals surface area contributed by atoms with Crippen LogP contribution in [0, 0.1) is 31.4 Å². The van der Waals surface area contributed by atoms with Crippen molar-refractivity contribution in [2.45, 2.75) is 86.5 Å². The van der Waals surface area contributed by atoms with E-state index in [9.17, 15) is 0 Å². The third kappa shape index (κ3) is 7.81. The van der Waals surface area contributed by atoms with E-state index in [1.807, 2.05) is 41.2 Å². The summed E-state index contributed by atoms with van der Waals surface area (Å²) in [6.45, 7) is 17.8. The van der Waals surface area contributed by atoms with Crippen LogP contribution in [-0.2, 0) is 32.9 Å². The van der Waals surface area contributed by atoms with Crippen molar-refractivity contribution in [2.75, 3.05) is 0 Å². The molecular formula is C46H48N4OPt. The molecule has 5 nitrogen and oxygen atoms in total. The number of hydrogen-bond acceptors (Lipinski definition) is 3. The van der Waals surface area contributed by atoms with Gasteiger partial charge in [-0.05, 0) is 89.9 Å². The summed E-state index contributed by atoms with van der Waals surface area (Å²) >= 11 is 0. The molecule has 0 amide bonds. The van der Waals surface area contributed by atoms with Gasteiger partial charge in [0, 0.05) is 34.5 Å². The van der Waals surface area contributed by atoms with Crippen LogP contribution in [-0.4, -0.2) is 19.3 Å². The predicted molar refractivity (Wildman–Crippen MR) is 211 cm³/mol. The van der Waals surface area contributed by atoms with Gasteiger partial charge in [-0.3, -0.25) is 4.68 Å². The van der Waals surface area contributed by atoms with Crippen LogP contribution in [0.5, 0.6) is 11.5 Å². The molecule has 0 atom stereocenters. The molecule has 0 saturated carbocycles. The molecule has 4 aromatic carbocycles. The average Bonchev–Trinajstić information content (AvgIpc) is 3.58. The first-order chi connectivity index (χ1) is 24.4. The number of ether oxygens (including phenoxy) is 1. The summed E-state index contributed by atoms with van der Waals surface area (Å²) < 4.78 is 10.7. The van der Waals surface area contributed by atoms with Gasteiger partial charge in [-0.15, -0.1) is 35.7 Å². The maximum atomic E-state index is 6.51. The van der Waals surface area contributed by atoms with Crippen molar-refractivity contribution < 1.29 is 25.8 Å². The van der Waals surface area contributed by atoms with E-state index in [1.165, 1.54) is 35.8 Å². The summed E-state index contributed by atoms with van der Waals surface area (Å²) in [7, 11) is 0. The summed E-state index contributed by atoms with van der Waals surface area (Å²) in [5.74, 6) is 2.10. The summed E-state index contributed by atoms with van der Waals surface area (Å²) in [5.41, 5.74) is 10.1. The van der Waals surface area contributed by atoms with Crippen molar-refractivity contribution in [1.29, 1.82) is 0 Å². The Labute approximate surface area is 323 Å². The van der Waals surface area contributed by atoms with Gasteiger partial charge in [-0.25, -0.2) is 4.98 Å². The number of nitrogens with zero attached hydrogens (tertiary/aromatic N) is 4. The van der Waals surface area contributed by atoms with Crippen LogP contribution in [0.3, 0.4) is 0 Å². The van der Waals surface area contributed by atoms with Crippen LogP contribution in [0.4, 0.5) is 0 Å². The van der Waals surface area contributed by atoms with E-state index >= 15 is 0 Å². The summed E-state index contributed by atoms with van der Waals surface area (Å²) in [5, 5.41) is 7.23. The SMILES string of the molecule is Cc1nn(-c2[c-]c(Oc3[c-]c4c(cc3)c3cc(CCCCC(C)(C)C)ccc3n4-c3cc(C(C)(C)C)ccn3)ccc2)c(C)c1-c1ccccc1.[Pt+2]. The maximum Gasteiger partial charge on any atom is 2.00 e. The second kappa shape index (κ2) is 14.9. The van der Waals surface area contributed by atoms with Crippen molar-refractivity contribution in [3.05, 3.63) is 132 Å². The Bertz CT molecular complexity index is 2340. The normalized spacial score (nSPS) is 12.0. The molecule has 0 fully saturated rings. The Morgan fingerprint density at radius 1 is 0.750 bits per heavy atom. The van der Waals surface area contributed by atoms with Crippen molar-refractivity contribution in [2.24, 2.45) is 5.41 Å². The number of unbranched alkanes of at least 4 members (excludes halogenated alkanes) is 1. The quantitative estimate of drug-likeness (QED) is 0.107. The largest absolute Gasteiger partial charge is 2.00 e. The van der Waals surface area contributed by atoms with E-state index in [0.29, 0.717) is 16.9 Å². The topological polar surface area (TPSA) is 44.9 Å². The van der Waals surface area contributed by atoms with E-state index in [4.69, 9.17) is 14.8 Å². The Balaban J connectivity index is 0.00000464. The molecular weight excluding hydrogens is 820 g/mol. The zero-order valence-electron chi connectivity index (χ0n) is 31.6. The molecule has 3 heterocycles. The first-order valence-electron chi connectivity index (χ1n) is 18.1. The second-order valence-corrected chi connectivity index (χ2v) is 16.0. The summed E-state index contributed by atoms with van der Waals surface area (Å²) in [6, 6.07) is 38.8. The van der Waals surface area contributed by atoms with E-state index in [0.717, 1.165) is 56.9 Å². The Hall–Kier alpha value is -4.47. The van der Waals surface area contributed by atoms with E-state index in [2.05, 4.69) is 133 Å². The van der Waals surface area contributed by atoms with Crippen molar-refractivity contribution >= 4 is 21.8 Å². The molecule has 6 heteroatoms. The fourth-order valence-electron chi connectivity index (χ4n) is 7.05. The number of fused-ring (bicyclic) bond motifs is 3. The zero-order chi connectivity index (χ0) is 35.9. The molecule has 0 saturated heterocycles. The van der Waals surface area contributed by atoms with Crippen LogP contribution in [0.25, 0.3) is 44.4 Å². The number of aromatic nitrogens is 4. The molecule has 0 spiro atoms. The van der Waals surface area contributed by atoms with Crippen molar-refractivity contribution in [3.63, 3.8) is 0 Å². The van der Waals surface area contributed by atoms with Gasteiger partial charge in [0.25, 0.3) is 0 Å². The summed E-state index contributed by atoms with van der Waals surface area (Å²) in [6.07, 6.45) is 6.63. The second-order valence-electron chi connectivity index (χ2n) is 16.0. The van der Waals surface area contributed by atoms with Crippen LogP contribution >= 0.6 is 0 Å². The van der Waals surface area contributed by atoms with Crippen LogP contribution < -0.4 is 4.74 Å². The Morgan fingerprint density at radius 2 is 1.52 bits per heavy atom. The minimum absolute atomic E-state index is 0. The van der Waals surface area contributed by atoms with Gasteiger partial charge in [-0.2, -0.15) is 17.2 Å². The first-order valence-corrected chi connectivity index (χ1v) is 18.1. The number of benzene rings is 4. The fraction of sp³-hybridized carbons (Fsp3) is 0.304. The molecule has 0 aliphatic rings. The zero-order valence-corrected chi connectivity index (χ0v) is 33.9. The van der Waals surface area contributed by atoms with Gasteiger partial charge in [0.15, 0.2) is 0 Å². The van der Waals surface area contributed by atoms with Gasteiger partial charge in [0.1, 0.15) is 5.82 Å². The molecule has 0 aliphatic carbocycles. The Kier molecular flexibility index (Phi) is 10.7. The maximum absolute atomic E-state index is 6.51. The van der Waals surface area contributed by atoms with Gasteiger partial charge in [-0.1, -0.05) is 95.9 Å². The van der Waals surface area contributed by atoms with Crippen molar-refractivity contribution in [1.82, 2.24) is 19.3 Å². The molecule has 0 unspecified atom stereocenters. The average molecular weight is 868 g/mol. The monoisotopic (exact) mass is 867 g/mol. The van der Waals surface area contributed by atoms with E-state index in [1.54, 1.807) is 0 Å². The molecule has 0 aliphatic heterocycles. The van der Waals surface area contributed by atoms with Crippen LogP contribution in [0.2, 0.25) is 0 Å². The van der Waals surface area contributed by atoms with E-state index < -0.39 is 0 Å². The number of rotatable bonds is 9. The van der Waals surface area contributed by atoms with Crippen molar-refractivity contribution in [3.8, 4) is 34.1 Å². The van der Waals surface area contributed by atoms with Gasteiger partial charge in [0.2, 0.25) is 0 Å². The predicted octanol–water partition coefficient (Wildman–Crippen LogP) is 12.1. The number of pyridine rings is 1. The van der Waals surface area contributed by atoms with Gasteiger partial charge < -0.3 is 9.30 Å². The molecule has 268 valence electrons. The minimum Gasteiger partial charge on any atom is -0.509 e. The van der Waals surface area contributed by atoms with E-state index in [-0.39, 0.29) is 26.5 Å². The fourth-order valence-corrected chi connectivity index (χ4v) is 7.05. The summed E-state index contributed by atoms with van der Waals surface area (Å²) in [4.78, 5) is 4.89.